The van der Waals surface area contributed by atoms with E-state index < -0.39 is 10.0 Å². The first-order valence-corrected chi connectivity index (χ1v) is 13.2. The van der Waals surface area contributed by atoms with E-state index in [1.807, 2.05) is 6.07 Å². The zero-order valence-electron chi connectivity index (χ0n) is 17.4. The fraction of sp³-hybridized carbons (Fsp3) is 0.571. The minimum Gasteiger partial charge on any atom is -0.379 e. The van der Waals surface area contributed by atoms with Gasteiger partial charge in [0.05, 0.1) is 29.9 Å². The van der Waals surface area contributed by atoms with Crippen molar-refractivity contribution in [3.05, 3.63) is 24.3 Å². The highest BCUT2D eigenvalue weighted by Gasteiger charge is 2.28. The highest BCUT2D eigenvalue weighted by molar-refractivity contribution is 7.99. The molecule has 0 N–H and O–H groups in total. The number of nitrogens with zero attached hydrogens (tertiary/aromatic N) is 5. The average molecular weight is 462 g/mol. The van der Waals surface area contributed by atoms with Crippen LogP contribution in [-0.4, -0.2) is 59.5 Å². The molecule has 1 aromatic heterocycles. The largest absolute Gasteiger partial charge is 0.379 e. The summed E-state index contributed by atoms with van der Waals surface area (Å²) in [6.07, 6.45) is 6.82. The molecule has 0 spiro atoms. The van der Waals surface area contributed by atoms with Gasteiger partial charge in [-0.05, 0) is 25.0 Å². The monoisotopic (exact) mass is 461 g/mol. The van der Waals surface area contributed by atoms with Crippen LogP contribution in [0.2, 0.25) is 0 Å². The van der Waals surface area contributed by atoms with Crippen molar-refractivity contribution in [1.29, 1.82) is 5.26 Å². The first kappa shape index (κ1) is 22.3. The molecule has 8 nitrogen and oxygen atoms in total. The number of hydrogen-bond donors (Lipinski definition) is 0. The summed E-state index contributed by atoms with van der Waals surface area (Å²) in [5, 5.41) is 18.6. The first-order chi connectivity index (χ1) is 15.1. The van der Waals surface area contributed by atoms with E-state index in [0.29, 0.717) is 37.9 Å². The van der Waals surface area contributed by atoms with Crippen molar-refractivity contribution in [2.45, 2.75) is 54.6 Å². The zero-order chi connectivity index (χ0) is 21.7. The lowest BCUT2D eigenvalue weighted by atomic mass is 10.1. The van der Waals surface area contributed by atoms with Gasteiger partial charge in [0.2, 0.25) is 10.0 Å². The fourth-order valence-corrected chi connectivity index (χ4v) is 6.37. The molecule has 1 aliphatic carbocycles. The van der Waals surface area contributed by atoms with Gasteiger partial charge in [0.1, 0.15) is 0 Å². The molecular weight excluding hydrogens is 434 g/mol. The van der Waals surface area contributed by atoms with Crippen molar-refractivity contribution in [3.63, 3.8) is 0 Å². The Labute approximate surface area is 187 Å². The molecule has 1 aliphatic heterocycles. The Kier molecular flexibility index (Phi) is 7.27. The third kappa shape index (κ3) is 4.95. The average Bonchev–Trinajstić information content (AvgIpc) is 3.04. The summed E-state index contributed by atoms with van der Waals surface area (Å²) in [5.74, 6) is 0.974. The van der Waals surface area contributed by atoms with Gasteiger partial charge in [-0.15, -0.1) is 10.2 Å². The molecule has 0 amide bonds. The molecule has 2 heterocycles. The highest BCUT2D eigenvalue weighted by atomic mass is 32.2. The van der Waals surface area contributed by atoms with Crippen molar-refractivity contribution < 1.29 is 13.2 Å². The molecule has 1 saturated heterocycles. The van der Waals surface area contributed by atoms with Crippen molar-refractivity contribution >= 4 is 21.8 Å². The van der Waals surface area contributed by atoms with Crippen LogP contribution in [-0.2, 0) is 14.8 Å². The summed E-state index contributed by atoms with van der Waals surface area (Å²) in [7, 11) is -3.60. The fourth-order valence-electron chi connectivity index (χ4n) is 4.25. The summed E-state index contributed by atoms with van der Waals surface area (Å²) in [6.45, 7) is 1.54. The smallest absolute Gasteiger partial charge is 0.243 e. The van der Waals surface area contributed by atoms with Crippen LogP contribution in [0, 0.1) is 11.3 Å². The number of benzene rings is 1. The van der Waals surface area contributed by atoms with Gasteiger partial charge in [-0.1, -0.05) is 49.6 Å². The maximum atomic E-state index is 13.1. The van der Waals surface area contributed by atoms with Crippen molar-refractivity contribution in [2.24, 2.45) is 0 Å². The minimum atomic E-state index is -3.60. The van der Waals surface area contributed by atoms with Crippen LogP contribution < -0.4 is 0 Å². The van der Waals surface area contributed by atoms with E-state index in [2.05, 4.69) is 20.8 Å². The summed E-state index contributed by atoms with van der Waals surface area (Å²) in [5.41, 5.74) is 0.731. The van der Waals surface area contributed by atoms with Gasteiger partial charge in [0, 0.05) is 24.7 Å². The minimum absolute atomic E-state index is 0.258. The van der Waals surface area contributed by atoms with Gasteiger partial charge in [-0.2, -0.15) is 9.57 Å². The molecular formula is C21H27N5O3S2. The number of ether oxygens (including phenoxy) is 1. The Morgan fingerprint density at radius 3 is 2.58 bits per heavy atom. The Morgan fingerprint density at radius 1 is 1.13 bits per heavy atom. The SMILES string of the molecule is N#CCSc1nnc(-c2cccc(S(=O)(=O)N3CCOCC3)c2)n1C1CCCCCC1. The lowest BCUT2D eigenvalue weighted by molar-refractivity contribution is 0.0730. The van der Waals surface area contributed by atoms with E-state index in [1.165, 1.54) is 28.9 Å². The molecule has 0 bridgehead atoms. The highest BCUT2D eigenvalue weighted by Crippen LogP contribution is 2.35. The molecule has 166 valence electrons. The molecule has 0 atom stereocenters. The van der Waals surface area contributed by atoms with Crippen LogP contribution in [0.1, 0.15) is 44.6 Å². The molecule has 10 heteroatoms. The molecule has 31 heavy (non-hydrogen) atoms. The topological polar surface area (TPSA) is 101 Å². The summed E-state index contributed by atoms with van der Waals surface area (Å²) < 4.78 is 35.2. The number of aromatic nitrogens is 3. The number of morpholine rings is 1. The Bertz CT molecular complexity index is 1030. The van der Waals surface area contributed by atoms with Gasteiger partial charge in [0.25, 0.3) is 0 Å². The molecule has 1 aromatic carbocycles. The Hall–Kier alpha value is -1.93. The van der Waals surface area contributed by atoms with E-state index in [9.17, 15) is 8.42 Å². The maximum absolute atomic E-state index is 13.1. The standard InChI is InChI=1S/C21H27N5O3S2/c22-10-15-30-21-24-23-20(26(21)18-7-3-1-2-4-8-18)17-6-5-9-19(16-17)31(27,28)25-11-13-29-14-12-25/h5-6,9,16,18H,1-4,7-8,11-15H2. The van der Waals surface area contributed by atoms with E-state index in [0.717, 1.165) is 36.4 Å². The Morgan fingerprint density at radius 2 is 1.87 bits per heavy atom. The van der Waals surface area contributed by atoms with E-state index in [1.54, 1.807) is 18.2 Å². The molecule has 0 radical (unpaired) electrons. The van der Waals surface area contributed by atoms with E-state index in [-0.39, 0.29) is 10.9 Å². The van der Waals surface area contributed by atoms with E-state index in [4.69, 9.17) is 10.00 Å². The third-order valence-corrected chi connectivity index (χ3v) is 8.52. The van der Waals surface area contributed by atoms with Crippen LogP contribution >= 0.6 is 11.8 Å². The molecule has 1 saturated carbocycles. The predicted octanol–water partition coefficient (Wildman–Crippen LogP) is 3.48. The predicted molar refractivity (Wildman–Crippen MR) is 118 cm³/mol. The second-order valence-electron chi connectivity index (χ2n) is 7.81. The van der Waals surface area contributed by atoms with Crippen LogP contribution in [0.25, 0.3) is 11.4 Å². The van der Waals surface area contributed by atoms with Gasteiger partial charge in [0.15, 0.2) is 11.0 Å². The number of nitriles is 1. The molecule has 2 fully saturated rings. The lowest BCUT2D eigenvalue weighted by Crippen LogP contribution is -2.40. The molecule has 4 rings (SSSR count). The molecule has 2 aromatic rings. The zero-order valence-corrected chi connectivity index (χ0v) is 19.1. The number of thioether (sulfide) groups is 1. The molecule has 2 aliphatic rings. The van der Waals surface area contributed by atoms with Crippen molar-refractivity contribution in [3.8, 4) is 17.5 Å². The molecule has 0 unspecified atom stereocenters. The van der Waals surface area contributed by atoms with Crippen LogP contribution in [0.15, 0.2) is 34.3 Å². The Balaban J connectivity index is 1.71. The second kappa shape index (κ2) is 10.1. The number of sulfonamides is 1. The normalized spacial score (nSPS) is 19.1. The maximum Gasteiger partial charge on any atom is 0.243 e. The van der Waals surface area contributed by atoms with Gasteiger partial charge >= 0.3 is 0 Å². The summed E-state index contributed by atoms with van der Waals surface area (Å²) >= 11 is 1.38. The van der Waals surface area contributed by atoms with Crippen molar-refractivity contribution in [1.82, 2.24) is 19.1 Å². The lowest BCUT2D eigenvalue weighted by Gasteiger charge is -2.26. The van der Waals surface area contributed by atoms with Crippen molar-refractivity contribution in [2.75, 3.05) is 32.1 Å². The van der Waals surface area contributed by atoms with Gasteiger partial charge in [-0.3, -0.25) is 4.57 Å². The number of rotatable bonds is 6. The van der Waals surface area contributed by atoms with Crippen LogP contribution in [0.5, 0.6) is 0 Å². The van der Waals surface area contributed by atoms with Gasteiger partial charge < -0.3 is 4.74 Å². The third-order valence-electron chi connectivity index (χ3n) is 5.82. The quantitative estimate of drug-likeness (QED) is 0.479. The first-order valence-electron chi connectivity index (χ1n) is 10.7. The van der Waals surface area contributed by atoms with E-state index >= 15 is 0 Å². The second-order valence-corrected chi connectivity index (χ2v) is 10.7. The van der Waals surface area contributed by atoms with Gasteiger partial charge in [-0.25, -0.2) is 8.42 Å². The van der Waals surface area contributed by atoms with Crippen LogP contribution in [0.3, 0.4) is 0 Å². The number of hydrogen-bond acceptors (Lipinski definition) is 7. The van der Waals surface area contributed by atoms with Crippen LogP contribution in [0.4, 0.5) is 0 Å². The summed E-state index contributed by atoms with van der Waals surface area (Å²) in [6, 6.07) is 9.39. The summed E-state index contributed by atoms with van der Waals surface area (Å²) in [4.78, 5) is 0.258.